The lowest BCUT2D eigenvalue weighted by atomic mass is 10.1. The van der Waals surface area contributed by atoms with Crippen molar-refractivity contribution in [1.82, 2.24) is 0 Å². The summed E-state index contributed by atoms with van der Waals surface area (Å²) in [6, 6.07) is 0. The van der Waals surface area contributed by atoms with E-state index in [1.165, 1.54) is 19.3 Å². The minimum Gasteiger partial charge on any atom is -0.481 e. The molecule has 0 aliphatic heterocycles. The van der Waals surface area contributed by atoms with Gasteiger partial charge in [0.15, 0.2) is 0 Å². The molecule has 0 amide bonds. The third-order valence-electron chi connectivity index (χ3n) is 2.37. The van der Waals surface area contributed by atoms with Gasteiger partial charge in [0.25, 0.3) is 0 Å². The quantitative estimate of drug-likeness (QED) is 0.443. The van der Waals surface area contributed by atoms with Crippen LogP contribution in [0.1, 0.15) is 58.3 Å². The van der Waals surface area contributed by atoms with Crippen molar-refractivity contribution in [1.29, 1.82) is 0 Å². The molecular weight excluding hydrogens is 200 g/mol. The number of unbranched alkanes of at least 4 members (excludes halogenated alkanes) is 5. The van der Waals surface area contributed by atoms with Crippen molar-refractivity contribution >= 4 is 5.97 Å². The van der Waals surface area contributed by atoms with Gasteiger partial charge in [0, 0.05) is 6.42 Å². The van der Waals surface area contributed by atoms with Crippen LogP contribution in [0.4, 0.5) is 0 Å². The molecule has 0 spiro atoms. The Balaban J connectivity index is 3.21. The van der Waals surface area contributed by atoms with Crippen LogP contribution in [0.5, 0.6) is 0 Å². The number of carboxylic acid groups (broad SMARTS) is 1. The van der Waals surface area contributed by atoms with E-state index in [0.717, 1.165) is 25.7 Å². The largest absolute Gasteiger partial charge is 0.481 e. The molecule has 0 aromatic heterocycles. The first-order chi connectivity index (χ1) is 7.77. The molecular formula is C14H24O2. The molecule has 2 heteroatoms. The number of aliphatic carboxylic acids is 1. The van der Waals surface area contributed by atoms with Gasteiger partial charge >= 0.3 is 5.97 Å². The molecule has 0 aliphatic rings. The van der Waals surface area contributed by atoms with Crippen LogP contribution >= 0.6 is 0 Å². The first-order valence-electron chi connectivity index (χ1n) is 6.30. The highest BCUT2D eigenvalue weighted by molar-refractivity contribution is 5.66. The zero-order valence-electron chi connectivity index (χ0n) is 10.3. The van der Waals surface area contributed by atoms with E-state index in [2.05, 4.69) is 31.2 Å². The summed E-state index contributed by atoms with van der Waals surface area (Å²) in [5.41, 5.74) is 0. The first-order valence-corrected chi connectivity index (χ1v) is 6.30. The maximum atomic E-state index is 10.2. The molecule has 0 aliphatic carbocycles. The highest BCUT2D eigenvalue weighted by Crippen LogP contribution is 2.03. The lowest BCUT2D eigenvalue weighted by Gasteiger charge is -1.94. The second-order valence-corrected chi connectivity index (χ2v) is 3.99. The van der Waals surface area contributed by atoms with E-state index >= 15 is 0 Å². The molecule has 1 N–H and O–H groups in total. The summed E-state index contributed by atoms with van der Waals surface area (Å²) in [6.07, 6.45) is 16.5. The lowest BCUT2D eigenvalue weighted by Crippen LogP contribution is -1.93. The SMILES string of the molecule is CCCC/C=C/C=C/CCCCCC(=O)O. The molecule has 0 aromatic carbocycles. The Bertz CT molecular complexity index is 217. The van der Waals surface area contributed by atoms with Crippen molar-refractivity contribution < 1.29 is 9.90 Å². The van der Waals surface area contributed by atoms with Gasteiger partial charge in [-0.25, -0.2) is 0 Å². The molecule has 0 rings (SSSR count). The van der Waals surface area contributed by atoms with Crippen LogP contribution in [0, 0.1) is 0 Å². The van der Waals surface area contributed by atoms with Crippen molar-refractivity contribution in [3.8, 4) is 0 Å². The van der Waals surface area contributed by atoms with Gasteiger partial charge < -0.3 is 5.11 Å². The number of hydrogen-bond donors (Lipinski definition) is 1. The van der Waals surface area contributed by atoms with Crippen LogP contribution < -0.4 is 0 Å². The summed E-state index contributed by atoms with van der Waals surface area (Å²) in [5.74, 6) is -0.686. The Labute approximate surface area is 99.1 Å². The molecule has 0 radical (unpaired) electrons. The van der Waals surface area contributed by atoms with Gasteiger partial charge in [0.05, 0.1) is 0 Å². The summed E-state index contributed by atoms with van der Waals surface area (Å²) >= 11 is 0. The average molecular weight is 224 g/mol. The van der Waals surface area contributed by atoms with E-state index in [-0.39, 0.29) is 0 Å². The van der Waals surface area contributed by atoms with E-state index in [0.29, 0.717) is 6.42 Å². The Morgan fingerprint density at radius 3 is 2.19 bits per heavy atom. The molecule has 0 saturated heterocycles. The second-order valence-electron chi connectivity index (χ2n) is 3.99. The number of carbonyl (C=O) groups is 1. The van der Waals surface area contributed by atoms with Crippen LogP contribution in [0.2, 0.25) is 0 Å². The third-order valence-corrected chi connectivity index (χ3v) is 2.37. The maximum Gasteiger partial charge on any atom is 0.303 e. The van der Waals surface area contributed by atoms with Gasteiger partial charge in [-0.1, -0.05) is 50.5 Å². The zero-order valence-corrected chi connectivity index (χ0v) is 10.3. The molecule has 0 aromatic rings. The Hall–Kier alpha value is -1.05. The van der Waals surface area contributed by atoms with E-state index in [9.17, 15) is 4.79 Å². The second kappa shape index (κ2) is 12.0. The van der Waals surface area contributed by atoms with Gasteiger partial charge in [0.2, 0.25) is 0 Å². The Morgan fingerprint density at radius 1 is 1.00 bits per heavy atom. The molecule has 0 atom stereocenters. The predicted octanol–water partition coefficient (Wildman–Crippen LogP) is 4.32. The van der Waals surface area contributed by atoms with Gasteiger partial charge in [-0.05, 0) is 25.7 Å². The number of hydrogen-bond acceptors (Lipinski definition) is 1. The Kier molecular flexibility index (Phi) is 11.2. The van der Waals surface area contributed by atoms with E-state index < -0.39 is 5.97 Å². The molecule has 0 bridgehead atoms. The fourth-order valence-electron chi connectivity index (χ4n) is 1.39. The standard InChI is InChI=1S/C14H24O2/c1-2-3-4-5-6-7-8-9-10-11-12-13-14(15)16/h5-8H,2-4,9-13H2,1H3,(H,15,16)/b6-5+,8-7+. The van der Waals surface area contributed by atoms with Crippen molar-refractivity contribution in [3.63, 3.8) is 0 Å². The number of allylic oxidation sites excluding steroid dienone is 4. The summed E-state index contributed by atoms with van der Waals surface area (Å²) in [7, 11) is 0. The van der Waals surface area contributed by atoms with Crippen LogP contribution in [0.25, 0.3) is 0 Å². The summed E-state index contributed by atoms with van der Waals surface area (Å²) in [4.78, 5) is 10.2. The molecule has 0 fully saturated rings. The molecule has 16 heavy (non-hydrogen) atoms. The third kappa shape index (κ3) is 12.9. The summed E-state index contributed by atoms with van der Waals surface area (Å²) < 4.78 is 0. The smallest absolute Gasteiger partial charge is 0.303 e. The van der Waals surface area contributed by atoms with Gasteiger partial charge in [-0.2, -0.15) is 0 Å². The van der Waals surface area contributed by atoms with Crippen molar-refractivity contribution in [2.45, 2.75) is 58.3 Å². The number of carboxylic acids is 1. The summed E-state index contributed by atoms with van der Waals surface area (Å²) in [6.45, 7) is 2.20. The first kappa shape index (κ1) is 14.9. The minimum absolute atomic E-state index is 0.306. The highest BCUT2D eigenvalue weighted by atomic mass is 16.4. The van der Waals surface area contributed by atoms with Gasteiger partial charge in [0.1, 0.15) is 0 Å². The average Bonchev–Trinajstić information content (AvgIpc) is 2.25. The predicted molar refractivity (Wildman–Crippen MR) is 68.5 cm³/mol. The highest BCUT2D eigenvalue weighted by Gasteiger charge is 1.94. The molecule has 0 unspecified atom stereocenters. The number of rotatable bonds is 10. The maximum absolute atomic E-state index is 10.2. The van der Waals surface area contributed by atoms with Crippen LogP contribution in [-0.2, 0) is 4.79 Å². The van der Waals surface area contributed by atoms with Gasteiger partial charge in [-0.15, -0.1) is 0 Å². The van der Waals surface area contributed by atoms with Crippen molar-refractivity contribution in [2.24, 2.45) is 0 Å². The molecule has 2 nitrogen and oxygen atoms in total. The monoisotopic (exact) mass is 224 g/mol. The van der Waals surface area contributed by atoms with E-state index in [4.69, 9.17) is 5.11 Å². The van der Waals surface area contributed by atoms with Gasteiger partial charge in [-0.3, -0.25) is 4.79 Å². The topological polar surface area (TPSA) is 37.3 Å². The zero-order chi connectivity index (χ0) is 12.1. The van der Waals surface area contributed by atoms with Crippen LogP contribution in [0.3, 0.4) is 0 Å². The Morgan fingerprint density at radius 2 is 1.62 bits per heavy atom. The summed E-state index contributed by atoms with van der Waals surface area (Å²) in [5, 5.41) is 8.43. The van der Waals surface area contributed by atoms with Crippen LogP contribution in [-0.4, -0.2) is 11.1 Å². The van der Waals surface area contributed by atoms with Crippen LogP contribution in [0.15, 0.2) is 24.3 Å². The molecule has 92 valence electrons. The van der Waals surface area contributed by atoms with Crippen molar-refractivity contribution in [3.05, 3.63) is 24.3 Å². The molecule has 0 saturated carbocycles. The fourth-order valence-corrected chi connectivity index (χ4v) is 1.39. The van der Waals surface area contributed by atoms with E-state index in [1.54, 1.807) is 0 Å². The molecule has 0 heterocycles. The fraction of sp³-hybridized carbons (Fsp3) is 0.643. The minimum atomic E-state index is -0.686. The normalized spacial score (nSPS) is 11.6. The van der Waals surface area contributed by atoms with Crippen molar-refractivity contribution in [2.75, 3.05) is 0 Å². The van der Waals surface area contributed by atoms with E-state index in [1.807, 2.05) is 0 Å². The lowest BCUT2D eigenvalue weighted by molar-refractivity contribution is -0.137.